The second-order valence-electron chi connectivity index (χ2n) is 28.5. The summed E-state index contributed by atoms with van der Waals surface area (Å²) in [5, 5.41) is 2.36. The van der Waals surface area contributed by atoms with Gasteiger partial charge in [-0.15, -0.1) is 11.3 Å². The van der Waals surface area contributed by atoms with Crippen molar-refractivity contribution >= 4 is 85.1 Å². The third kappa shape index (κ3) is 9.83. The second kappa shape index (κ2) is 17.5. The van der Waals surface area contributed by atoms with E-state index in [1.165, 1.54) is 72.1 Å². The molecule has 73 heavy (non-hydrogen) atoms. The molecule has 0 radical (unpaired) electrons. The summed E-state index contributed by atoms with van der Waals surface area (Å²) in [5.41, 5.74) is 20.6. The fourth-order valence-corrected chi connectivity index (χ4v) is 11.6. The molecule has 0 bridgehead atoms. The molecule has 0 saturated carbocycles. The molecule has 2 aliphatic rings. The van der Waals surface area contributed by atoms with Gasteiger partial charge in [-0.2, -0.15) is 0 Å². The van der Waals surface area contributed by atoms with Gasteiger partial charge in [0.1, 0.15) is 5.00 Å². The fourth-order valence-electron chi connectivity index (χ4n) is 10.4. The lowest BCUT2D eigenvalue weighted by Crippen LogP contribution is -2.61. The Labute approximate surface area is 445 Å². The molecule has 6 aromatic carbocycles. The van der Waals surface area contributed by atoms with E-state index in [0.717, 1.165) is 33.4 Å². The molecule has 6 heteroatoms. The van der Waals surface area contributed by atoms with Gasteiger partial charge in [0, 0.05) is 50.9 Å². The predicted molar refractivity (Wildman–Crippen MR) is 322 cm³/mol. The van der Waals surface area contributed by atoms with Gasteiger partial charge in [-0.25, -0.2) is 0 Å². The van der Waals surface area contributed by atoms with Crippen LogP contribution in [0.15, 0.2) is 121 Å². The number of fused-ring (bicyclic) bond motifs is 4. The number of thiazole rings is 1. The molecule has 0 fully saturated rings. The lowest BCUT2D eigenvalue weighted by molar-refractivity contribution is 0.568. The van der Waals surface area contributed by atoms with E-state index in [2.05, 4.69) is 281 Å². The third-order valence-corrected chi connectivity index (χ3v) is 16.7. The monoisotopic (exact) mass is 987 g/mol. The first-order valence-corrected chi connectivity index (χ1v) is 27.6. The Morgan fingerprint density at radius 1 is 0.370 bits per heavy atom. The SMILES string of the molecule is CC(C)(C)c1ccc(N(c2ccc(C(C)(C)C)cc2)c2ccc3c(c2)N(c2ccc(C(C)(C)C)cc2)c2cc(C(C)(C)C)cc4c2B3c2nc(C(C)(C)C)sc2N4c2cc(C(C)(C)C)cc(C(C)(C)C)c2)cc1. The Morgan fingerprint density at radius 3 is 1.19 bits per heavy atom. The zero-order valence-electron chi connectivity index (χ0n) is 48.3. The van der Waals surface area contributed by atoms with Crippen LogP contribution in [-0.2, 0) is 37.9 Å². The smallest absolute Gasteiger partial charge is 0.276 e. The van der Waals surface area contributed by atoms with Crippen molar-refractivity contribution in [3.05, 3.63) is 160 Å². The van der Waals surface area contributed by atoms with Crippen molar-refractivity contribution in [1.82, 2.24) is 4.98 Å². The molecule has 1 aromatic heterocycles. The van der Waals surface area contributed by atoms with Crippen molar-refractivity contribution in [1.29, 1.82) is 0 Å². The summed E-state index contributed by atoms with van der Waals surface area (Å²) in [6, 6.07) is 47.6. The molecule has 0 N–H and O–H groups in total. The van der Waals surface area contributed by atoms with Gasteiger partial charge in [-0.1, -0.05) is 194 Å². The predicted octanol–water partition coefficient (Wildman–Crippen LogP) is 17.8. The molecular formula is C67H83BN4S. The van der Waals surface area contributed by atoms with Gasteiger partial charge in [-0.3, -0.25) is 4.98 Å². The van der Waals surface area contributed by atoms with Crippen molar-refractivity contribution < 1.29 is 0 Å². The maximum Gasteiger partial charge on any atom is 0.276 e. The Kier molecular flexibility index (Phi) is 12.5. The Hall–Kier alpha value is -5.59. The second-order valence-corrected chi connectivity index (χ2v) is 29.5. The van der Waals surface area contributed by atoms with E-state index in [-0.39, 0.29) is 44.6 Å². The summed E-state index contributed by atoms with van der Waals surface area (Å²) >= 11 is 1.87. The highest BCUT2D eigenvalue weighted by Crippen LogP contribution is 2.51. The molecule has 0 spiro atoms. The van der Waals surface area contributed by atoms with Gasteiger partial charge in [0.05, 0.1) is 10.6 Å². The summed E-state index contributed by atoms with van der Waals surface area (Å²) in [7, 11) is 0. The minimum absolute atomic E-state index is 0.00722. The minimum atomic E-state index is -0.156. The zero-order valence-corrected chi connectivity index (χ0v) is 49.1. The summed E-state index contributed by atoms with van der Waals surface area (Å²) in [6.07, 6.45) is 0. The number of hydrogen-bond donors (Lipinski definition) is 0. The molecule has 380 valence electrons. The van der Waals surface area contributed by atoms with Crippen molar-refractivity contribution in [3.8, 4) is 0 Å². The molecule has 9 rings (SSSR count). The lowest BCUT2D eigenvalue weighted by Gasteiger charge is -2.44. The summed E-state index contributed by atoms with van der Waals surface area (Å²) in [4.78, 5) is 13.5. The van der Waals surface area contributed by atoms with Crippen molar-refractivity contribution in [2.24, 2.45) is 0 Å². The molecule has 4 nitrogen and oxygen atoms in total. The molecule has 0 atom stereocenters. The van der Waals surface area contributed by atoms with E-state index in [1.807, 2.05) is 11.3 Å². The van der Waals surface area contributed by atoms with E-state index in [4.69, 9.17) is 4.98 Å². The standard InChI is InChI=1S/C67H83BN4S/c1-61(2,3)42-22-28-48(29-23-42)70(49-30-24-43(25-31-49)62(4,5)6)51-34-35-53-54(41-51)71(50-32-26-44(27-33-50)63(7,8)9)55-39-47(66(16,17)18)40-56-57(55)68(53)58-59(73-60(69-58)67(19,20)21)72(56)52-37-45(64(10,11)12)36-46(38-52)65(13,14)15/h22-41H,1-21H3. The summed E-state index contributed by atoms with van der Waals surface area (Å²) < 4.78 is 0. The van der Waals surface area contributed by atoms with Crippen LogP contribution in [0.25, 0.3) is 0 Å². The largest absolute Gasteiger partial charge is 0.311 e. The number of nitrogens with zero attached hydrogens (tertiary/aromatic N) is 4. The molecule has 7 aromatic rings. The van der Waals surface area contributed by atoms with E-state index in [0.29, 0.717) is 0 Å². The molecule has 0 aliphatic carbocycles. The molecule has 2 aliphatic heterocycles. The average Bonchev–Trinajstić information content (AvgIpc) is 3.73. The quantitative estimate of drug-likeness (QED) is 0.160. The number of hydrogen-bond acceptors (Lipinski definition) is 5. The zero-order chi connectivity index (χ0) is 53.3. The Bertz CT molecular complexity index is 3110. The van der Waals surface area contributed by atoms with Crippen LogP contribution < -0.4 is 31.2 Å². The number of aromatic nitrogens is 1. The normalized spacial score (nSPS) is 14.3. The van der Waals surface area contributed by atoms with Crippen LogP contribution in [0.2, 0.25) is 0 Å². The van der Waals surface area contributed by atoms with Crippen molar-refractivity contribution in [2.45, 2.75) is 183 Å². The molecule has 0 amide bonds. The van der Waals surface area contributed by atoms with Crippen molar-refractivity contribution in [2.75, 3.05) is 14.7 Å². The van der Waals surface area contributed by atoms with Crippen LogP contribution in [0.1, 0.15) is 184 Å². The average molecular weight is 987 g/mol. The lowest BCUT2D eigenvalue weighted by atomic mass is 9.35. The van der Waals surface area contributed by atoms with E-state index in [1.54, 1.807) is 0 Å². The van der Waals surface area contributed by atoms with Crippen LogP contribution in [-0.4, -0.2) is 11.7 Å². The number of rotatable bonds is 5. The number of benzene rings is 6. The summed E-state index contributed by atoms with van der Waals surface area (Å²) in [6.45, 7) is 48.7. The first-order chi connectivity index (χ1) is 33.6. The van der Waals surface area contributed by atoms with Crippen LogP contribution >= 0.6 is 11.3 Å². The fraction of sp³-hybridized carbons (Fsp3) is 0.418. The molecule has 0 saturated heterocycles. The van der Waals surface area contributed by atoms with Gasteiger partial charge in [0.2, 0.25) is 0 Å². The van der Waals surface area contributed by atoms with Gasteiger partial charge in [0.15, 0.2) is 0 Å². The van der Waals surface area contributed by atoms with Gasteiger partial charge >= 0.3 is 0 Å². The Morgan fingerprint density at radius 2 is 0.767 bits per heavy atom. The highest BCUT2D eigenvalue weighted by Gasteiger charge is 2.47. The van der Waals surface area contributed by atoms with E-state index in [9.17, 15) is 0 Å². The summed E-state index contributed by atoms with van der Waals surface area (Å²) in [5.74, 6) is 0. The number of anilines is 9. The van der Waals surface area contributed by atoms with Gasteiger partial charge in [-0.05, 0) is 150 Å². The van der Waals surface area contributed by atoms with Crippen LogP contribution in [0.4, 0.5) is 50.5 Å². The topological polar surface area (TPSA) is 22.6 Å². The maximum atomic E-state index is 5.83. The van der Waals surface area contributed by atoms with Gasteiger partial charge < -0.3 is 14.7 Å². The van der Waals surface area contributed by atoms with Crippen LogP contribution in [0, 0.1) is 0 Å². The van der Waals surface area contributed by atoms with Crippen LogP contribution in [0.5, 0.6) is 0 Å². The minimum Gasteiger partial charge on any atom is -0.311 e. The Balaban J connectivity index is 1.39. The van der Waals surface area contributed by atoms with Crippen LogP contribution in [0.3, 0.4) is 0 Å². The van der Waals surface area contributed by atoms with Gasteiger partial charge in [0.25, 0.3) is 6.71 Å². The maximum absolute atomic E-state index is 5.83. The molecule has 3 heterocycles. The van der Waals surface area contributed by atoms with Crippen molar-refractivity contribution in [3.63, 3.8) is 0 Å². The first kappa shape index (κ1) is 52.3. The highest BCUT2D eigenvalue weighted by molar-refractivity contribution is 7.19. The van der Waals surface area contributed by atoms with E-state index >= 15 is 0 Å². The first-order valence-electron chi connectivity index (χ1n) is 26.8. The third-order valence-electron chi connectivity index (χ3n) is 15.2. The van der Waals surface area contributed by atoms with E-state index < -0.39 is 0 Å². The molecular weight excluding hydrogens is 904 g/mol. The molecule has 0 unspecified atom stereocenters. The highest BCUT2D eigenvalue weighted by atomic mass is 32.1.